The molecule has 1 fully saturated rings. The van der Waals surface area contributed by atoms with E-state index in [4.69, 9.17) is 16.3 Å². The van der Waals surface area contributed by atoms with Gasteiger partial charge < -0.3 is 9.30 Å². The number of rotatable bonds is 5. The summed E-state index contributed by atoms with van der Waals surface area (Å²) in [6.45, 7) is 2.36. The first-order valence-corrected chi connectivity index (χ1v) is 9.93. The average Bonchev–Trinajstić information content (AvgIpc) is 3.21. The monoisotopic (exact) mass is 435 g/mol. The van der Waals surface area contributed by atoms with Crippen LogP contribution >= 0.6 is 11.6 Å². The van der Waals surface area contributed by atoms with E-state index in [1.807, 2.05) is 23.6 Å². The molecule has 0 unspecified atom stereocenters. The van der Waals surface area contributed by atoms with Crippen LogP contribution in [0.15, 0.2) is 72.4 Å². The van der Waals surface area contributed by atoms with Crippen LogP contribution in [0.2, 0.25) is 5.02 Å². The van der Waals surface area contributed by atoms with Crippen molar-refractivity contribution in [1.29, 1.82) is 0 Å². The Morgan fingerprint density at radius 2 is 1.65 bits per heavy atom. The van der Waals surface area contributed by atoms with E-state index in [1.54, 1.807) is 54.7 Å². The van der Waals surface area contributed by atoms with Gasteiger partial charge in [-0.1, -0.05) is 11.6 Å². The first-order valence-electron chi connectivity index (χ1n) is 9.55. The third-order valence-electron chi connectivity index (χ3n) is 4.68. The van der Waals surface area contributed by atoms with Gasteiger partial charge in [0.25, 0.3) is 11.8 Å². The summed E-state index contributed by atoms with van der Waals surface area (Å²) in [6, 6.07) is 16.4. The van der Waals surface area contributed by atoms with E-state index in [0.717, 1.165) is 10.6 Å². The number of hydrogen-bond acceptors (Lipinski definition) is 4. The summed E-state index contributed by atoms with van der Waals surface area (Å²) in [6.07, 6.45) is 3.26. The average molecular weight is 436 g/mol. The molecule has 156 valence electrons. The number of ether oxygens (including phenoxy) is 1. The number of barbiturate groups is 1. The van der Waals surface area contributed by atoms with Gasteiger partial charge in [-0.3, -0.25) is 14.9 Å². The van der Waals surface area contributed by atoms with Crippen molar-refractivity contribution in [1.82, 2.24) is 9.88 Å². The predicted molar refractivity (Wildman–Crippen MR) is 117 cm³/mol. The fourth-order valence-electron chi connectivity index (χ4n) is 3.25. The maximum Gasteiger partial charge on any atom is 0.335 e. The molecule has 3 aromatic rings. The van der Waals surface area contributed by atoms with Gasteiger partial charge in [0.1, 0.15) is 11.3 Å². The van der Waals surface area contributed by atoms with Gasteiger partial charge in [0.2, 0.25) is 0 Å². The van der Waals surface area contributed by atoms with Gasteiger partial charge in [-0.25, -0.2) is 9.69 Å². The number of imide groups is 2. The van der Waals surface area contributed by atoms with Gasteiger partial charge in [-0.15, -0.1) is 0 Å². The van der Waals surface area contributed by atoms with Gasteiger partial charge in [0.15, 0.2) is 0 Å². The molecular formula is C23H18ClN3O4. The van der Waals surface area contributed by atoms with E-state index in [9.17, 15) is 14.4 Å². The molecule has 0 bridgehead atoms. The van der Waals surface area contributed by atoms with Crippen molar-refractivity contribution >= 4 is 41.2 Å². The molecular weight excluding hydrogens is 418 g/mol. The summed E-state index contributed by atoms with van der Waals surface area (Å²) >= 11 is 5.96. The number of benzene rings is 2. The summed E-state index contributed by atoms with van der Waals surface area (Å²) in [4.78, 5) is 38.9. The smallest absolute Gasteiger partial charge is 0.335 e. The molecule has 0 radical (unpaired) electrons. The van der Waals surface area contributed by atoms with Crippen LogP contribution in [-0.2, 0) is 9.59 Å². The SMILES string of the molecule is CCOc1ccc(N2C(=O)NC(=O)C(=Cc3cccn3-c3ccc(Cl)cc3)C2=O)cc1. The van der Waals surface area contributed by atoms with Crippen LogP contribution in [0.3, 0.4) is 0 Å². The predicted octanol–water partition coefficient (Wildman–Crippen LogP) is 4.20. The highest BCUT2D eigenvalue weighted by Crippen LogP contribution is 2.25. The zero-order valence-corrected chi connectivity index (χ0v) is 17.3. The minimum atomic E-state index is -0.801. The minimum Gasteiger partial charge on any atom is -0.494 e. The number of carbonyl (C=O) groups is 3. The Bertz CT molecular complexity index is 1180. The molecule has 0 saturated carbocycles. The van der Waals surface area contributed by atoms with Crippen LogP contribution in [0, 0.1) is 0 Å². The van der Waals surface area contributed by atoms with Crippen molar-refractivity contribution in [2.75, 3.05) is 11.5 Å². The lowest BCUT2D eigenvalue weighted by Crippen LogP contribution is -2.54. The van der Waals surface area contributed by atoms with Gasteiger partial charge in [-0.05, 0) is 73.7 Å². The Hall–Kier alpha value is -3.84. The van der Waals surface area contributed by atoms with Crippen molar-refractivity contribution in [3.05, 3.63) is 83.2 Å². The van der Waals surface area contributed by atoms with E-state index >= 15 is 0 Å². The molecule has 1 N–H and O–H groups in total. The van der Waals surface area contributed by atoms with Gasteiger partial charge in [-0.2, -0.15) is 0 Å². The quantitative estimate of drug-likeness (QED) is 0.481. The Morgan fingerprint density at radius 3 is 2.32 bits per heavy atom. The summed E-state index contributed by atoms with van der Waals surface area (Å²) in [5.74, 6) is -0.841. The fourth-order valence-corrected chi connectivity index (χ4v) is 3.37. The Balaban J connectivity index is 1.69. The van der Waals surface area contributed by atoms with E-state index in [-0.39, 0.29) is 5.57 Å². The molecule has 0 atom stereocenters. The largest absolute Gasteiger partial charge is 0.494 e. The Kier molecular flexibility index (Phi) is 5.60. The van der Waals surface area contributed by atoms with E-state index in [1.165, 1.54) is 6.08 Å². The summed E-state index contributed by atoms with van der Waals surface area (Å²) in [7, 11) is 0. The minimum absolute atomic E-state index is 0.151. The second-order valence-corrected chi connectivity index (χ2v) is 7.10. The van der Waals surface area contributed by atoms with Crippen LogP contribution in [0.25, 0.3) is 11.8 Å². The first kappa shape index (κ1) is 20.4. The molecule has 4 amide bonds. The molecule has 31 heavy (non-hydrogen) atoms. The molecule has 0 aliphatic carbocycles. The fraction of sp³-hybridized carbons (Fsp3) is 0.0870. The van der Waals surface area contributed by atoms with Crippen molar-refractivity contribution in [2.24, 2.45) is 0 Å². The molecule has 2 heterocycles. The molecule has 4 rings (SSSR count). The van der Waals surface area contributed by atoms with Gasteiger partial charge in [0.05, 0.1) is 12.3 Å². The maximum atomic E-state index is 13.1. The number of carbonyl (C=O) groups excluding carboxylic acids is 3. The second kappa shape index (κ2) is 8.49. The van der Waals surface area contributed by atoms with E-state index in [0.29, 0.717) is 28.8 Å². The number of aromatic nitrogens is 1. The topological polar surface area (TPSA) is 80.6 Å². The molecule has 1 aliphatic rings. The highest BCUT2D eigenvalue weighted by Gasteiger charge is 2.37. The van der Waals surface area contributed by atoms with Crippen molar-refractivity contribution in [3.8, 4) is 11.4 Å². The van der Waals surface area contributed by atoms with Crippen LogP contribution in [0.5, 0.6) is 5.75 Å². The highest BCUT2D eigenvalue weighted by molar-refractivity contribution is 6.39. The number of halogens is 1. The van der Waals surface area contributed by atoms with E-state index in [2.05, 4.69) is 5.32 Å². The summed E-state index contributed by atoms with van der Waals surface area (Å²) in [5.41, 5.74) is 1.59. The zero-order valence-electron chi connectivity index (χ0n) is 16.5. The number of nitrogens with zero attached hydrogens (tertiary/aromatic N) is 2. The van der Waals surface area contributed by atoms with Crippen LogP contribution < -0.4 is 15.0 Å². The molecule has 8 heteroatoms. The first-order chi connectivity index (χ1) is 15.0. The van der Waals surface area contributed by atoms with Crippen LogP contribution in [0.4, 0.5) is 10.5 Å². The second-order valence-electron chi connectivity index (χ2n) is 6.66. The Labute approximate surface area is 183 Å². The van der Waals surface area contributed by atoms with Crippen LogP contribution in [0.1, 0.15) is 12.6 Å². The maximum absolute atomic E-state index is 13.1. The summed E-state index contributed by atoms with van der Waals surface area (Å²) in [5, 5.41) is 2.83. The van der Waals surface area contributed by atoms with E-state index < -0.39 is 17.8 Å². The standard InChI is InChI=1S/C23H18ClN3O4/c1-2-31-19-11-9-17(10-12-19)27-22(29)20(21(28)25-23(27)30)14-18-4-3-13-26(18)16-7-5-15(24)6-8-16/h3-14H,2H2,1H3,(H,25,28,30). The lowest BCUT2D eigenvalue weighted by molar-refractivity contribution is -0.122. The number of hydrogen-bond donors (Lipinski definition) is 1. The normalized spacial score (nSPS) is 15.4. The van der Waals surface area contributed by atoms with Crippen LogP contribution in [-0.4, -0.2) is 29.0 Å². The third kappa shape index (κ3) is 4.08. The third-order valence-corrected chi connectivity index (χ3v) is 4.94. The number of anilines is 1. The molecule has 1 saturated heterocycles. The molecule has 7 nitrogen and oxygen atoms in total. The Morgan fingerprint density at radius 1 is 0.968 bits per heavy atom. The molecule has 1 aromatic heterocycles. The molecule has 0 spiro atoms. The van der Waals surface area contributed by atoms with Crippen molar-refractivity contribution in [3.63, 3.8) is 0 Å². The summed E-state index contributed by atoms with van der Waals surface area (Å²) < 4.78 is 7.20. The molecule has 1 aliphatic heterocycles. The van der Waals surface area contributed by atoms with Crippen molar-refractivity contribution < 1.29 is 19.1 Å². The lowest BCUT2D eigenvalue weighted by Gasteiger charge is -2.26. The van der Waals surface area contributed by atoms with Gasteiger partial charge in [0, 0.05) is 22.6 Å². The number of amides is 4. The van der Waals surface area contributed by atoms with Gasteiger partial charge >= 0.3 is 6.03 Å². The zero-order chi connectivity index (χ0) is 22.0. The number of nitrogens with one attached hydrogen (secondary N) is 1. The number of urea groups is 1. The van der Waals surface area contributed by atoms with Crippen molar-refractivity contribution in [2.45, 2.75) is 6.92 Å². The molecule has 2 aromatic carbocycles. The lowest BCUT2D eigenvalue weighted by atomic mass is 10.1. The highest BCUT2D eigenvalue weighted by atomic mass is 35.5.